The van der Waals surface area contributed by atoms with Gasteiger partial charge in [-0.05, 0) is 6.92 Å². The summed E-state index contributed by atoms with van der Waals surface area (Å²) in [4.78, 5) is 144. The quantitative estimate of drug-likeness (QED) is 0.0259. The number of aliphatic hydroxyl groups is 2. The van der Waals surface area contributed by atoms with E-state index in [9.17, 15) is 67.2 Å². The van der Waals surface area contributed by atoms with Crippen LogP contribution in [0.5, 0.6) is 0 Å². The zero-order chi connectivity index (χ0) is 72.8. The summed E-state index contributed by atoms with van der Waals surface area (Å²) in [6.07, 6.45) is -14.2. The van der Waals surface area contributed by atoms with Gasteiger partial charge < -0.3 is 76.4 Å². The molecule has 53 heteroatoms. The predicted octanol–water partition coefficient (Wildman–Crippen LogP) is -2.08. The van der Waals surface area contributed by atoms with E-state index in [1.807, 2.05) is 0 Å². The summed E-state index contributed by atoms with van der Waals surface area (Å²) in [5.74, 6) is -0.526. The molecule has 19 atom stereocenters. The van der Waals surface area contributed by atoms with Gasteiger partial charge in [-0.1, -0.05) is 0 Å². The molecule has 9 aromatic heterocycles. The highest BCUT2D eigenvalue weighted by Crippen LogP contribution is 2.55. The van der Waals surface area contributed by atoms with Crippen molar-refractivity contribution < 1.29 is 108 Å². The molecule has 5 aliphatic rings. The average molecular weight is 1530 g/mol. The zero-order valence-electron chi connectivity index (χ0n) is 52.8. The number of anilines is 4. The molecular formula is C50H62N22O27P4. The fraction of sp³-hybridized carbons (Fsp3) is 0.520. The van der Waals surface area contributed by atoms with Gasteiger partial charge in [-0.3, -0.25) is 88.4 Å². The minimum atomic E-state index is -5.51. The first-order valence-electron chi connectivity index (χ1n) is 30.8. The van der Waals surface area contributed by atoms with E-state index >= 15 is 0 Å². The van der Waals surface area contributed by atoms with Gasteiger partial charge in [-0.2, -0.15) is 9.97 Å². The third-order valence-electron chi connectivity index (χ3n) is 17.2. The highest BCUT2D eigenvalue weighted by Gasteiger charge is 2.50. The minimum absolute atomic E-state index is 0.00774. The van der Waals surface area contributed by atoms with Crippen molar-refractivity contribution in [3.05, 3.63) is 91.3 Å². The lowest BCUT2D eigenvalue weighted by molar-refractivity contribution is -0.0639. The molecule has 0 radical (unpaired) electrons. The number of ether oxygens (including phenoxy) is 5. The Morgan fingerprint density at radius 2 is 0.796 bits per heavy atom. The smallest absolute Gasteiger partial charge is 0.394 e. The number of nitrogens with zero attached hydrogens (tertiary/aromatic N) is 15. The van der Waals surface area contributed by atoms with Gasteiger partial charge in [-0.15, -0.1) is 0 Å². The summed E-state index contributed by atoms with van der Waals surface area (Å²) >= 11 is 0. The number of aromatic nitrogens is 18. The van der Waals surface area contributed by atoms with Crippen molar-refractivity contribution in [2.45, 2.75) is 131 Å². The Balaban J connectivity index is 0.663. The molecule has 9 aromatic rings. The molecule has 17 N–H and O–H groups in total. The molecule has 5 aliphatic heterocycles. The maximum absolute atomic E-state index is 14.3. The Hall–Kier alpha value is -8.16. The van der Waals surface area contributed by atoms with Gasteiger partial charge in [0.05, 0.1) is 64.4 Å². The van der Waals surface area contributed by atoms with E-state index in [0.29, 0.717) is 0 Å². The van der Waals surface area contributed by atoms with E-state index in [1.165, 1.54) is 50.5 Å². The topological polar surface area (TPSA) is 683 Å². The lowest BCUT2D eigenvalue weighted by Crippen LogP contribution is -2.33. The summed E-state index contributed by atoms with van der Waals surface area (Å²) < 4.78 is 137. The molecule has 554 valence electrons. The number of imidazole rings is 4. The van der Waals surface area contributed by atoms with Crippen LogP contribution in [-0.4, -0.2) is 211 Å². The van der Waals surface area contributed by atoms with Crippen LogP contribution < -0.4 is 45.3 Å². The van der Waals surface area contributed by atoms with Crippen molar-refractivity contribution in [3.63, 3.8) is 0 Å². The molecule has 14 rings (SSSR count). The van der Waals surface area contributed by atoms with Crippen molar-refractivity contribution in [1.29, 1.82) is 0 Å². The number of hydrogen-bond donors (Lipinski definition) is 13. The predicted molar refractivity (Wildman–Crippen MR) is 339 cm³/mol. The van der Waals surface area contributed by atoms with Crippen LogP contribution in [0.15, 0.2) is 63.3 Å². The van der Waals surface area contributed by atoms with E-state index < -0.39 is 185 Å². The molecule has 0 spiro atoms. The van der Waals surface area contributed by atoms with Gasteiger partial charge >= 0.3 is 37.0 Å². The summed E-state index contributed by atoms with van der Waals surface area (Å²) in [7, 11) is -21.5. The number of rotatable bonds is 26. The first-order valence-corrected chi connectivity index (χ1v) is 36.8. The molecule has 49 nitrogen and oxygen atoms in total. The van der Waals surface area contributed by atoms with E-state index in [2.05, 4.69) is 64.8 Å². The van der Waals surface area contributed by atoms with Gasteiger partial charge in [0.15, 0.2) is 45.3 Å². The Kier molecular flexibility index (Phi) is 19.6. The third kappa shape index (κ3) is 15.0. The fourth-order valence-corrected chi connectivity index (χ4v) is 16.2. The van der Waals surface area contributed by atoms with Crippen LogP contribution >= 0.6 is 31.3 Å². The van der Waals surface area contributed by atoms with E-state index in [4.69, 9.17) is 82.8 Å². The minimum Gasteiger partial charge on any atom is -0.394 e. The van der Waals surface area contributed by atoms with E-state index in [-0.39, 0.29) is 99.4 Å². The van der Waals surface area contributed by atoms with Crippen molar-refractivity contribution in [2.24, 2.45) is 0 Å². The van der Waals surface area contributed by atoms with Gasteiger partial charge in [-0.25, -0.2) is 62.9 Å². The van der Waals surface area contributed by atoms with Crippen LogP contribution in [0.1, 0.15) is 68.8 Å². The van der Waals surface area contributed by atoms with E-state index in [0.717, 1.165) is 23.4 Å². The summed E-state index contributed by atoms with van der Waals surface area (Å²) in [6.45, 7) is -3.11. The molecule has 0 saturated carbocycles. The Labute approximate surface area is 571 Å². The van der Waals surface area contributed by atoms with Crippen molar-refractivity contribution in [3.8, 4) is 0 Å². The maximum Gasteiger partial charge on any atom is 0.472 e. The Morgan fingerprint density at radius 1 is 0.456 bits per heavy atom. The Morgan fingerprint density at radius 3 is 1.20 bits per heavy atom. The van der Waals surface area contributed by atoms with Crippen LogP contribution in [0.3, 0.4) is 0 Å². The number of aliphatic hydroxyl groups excluding tert-OH is 2. The first kappa shape index (κ1) is 71.8. The van der Waals surface area contributed by atoms with Gasteiger partial charge in [0.25, 0.3) is 16.7 Å². The highest BCUT2D eigenvalue weighted by atomic mass is 31.2. The first-order chi connectivity index (χ1) is 48.9. The second-order valence-corrected chi connectivity index (χ2v) is 29.5. The second-order valence-electron chi connectivity index (χ2n) is 23.9. The molecule has 5 fully saturated rings. The number of fused-ring (bicyclic) bond motifs is 4. The normalized spacial score (nSPS) is 29.1. The number of hydrogen-bond acceptors (Lipinski definition) is 37. The number of nitrogens with two attached hydrogens (primary N) is 4. The second kappa shape index (κ2) is 28.0. The average Bonchev–Trinajstić information content (AvgIpc) is 1.59. The molecule has 14 heterocycles. The number of nitrogen functional groups attached to an aromatic ring is 4. The van der Waals surface area contributed by atoms with Gasteiger partial charge in [0.2, 0.25) is 11.9 Å². The maximum atomic E-state index is 14.3. The van der Waals surface area contributed by atoms with Crippen LogP contribution in [0.25, 0.3) is 44.7 Å². The molecule has 0 aromatic carbocycles. The van der Waals surface area contributed by atoms with E-state index in [1.54, 1.807) is 0 Å². The molecule has 0 amide bonds. The van der Waals surface area contributed by atoms with Crippen molar-refractivity contribution in [2.75, 3.05) is 56.0 Å². The highest BCUT2D eigenvalue weighted by molar-refractivity contribution is 7.48. The standard InChI is InChI=1S/C50H62N22O27P4/c1-19-7-68(50(78)67-45(19)75)31-4-22(97-102(83,84)90-12-29-23(5-32(95-29)69-15-59-35-39(51)55-13-57-41(35)69)98-100(79,80)87-9-26-20(74)2-30(92-26)71-17-61-37-43(71)63-48(53)65-46(37)76)27(93-31)10-89-103(85,86)99-24-6-33(70-16-60-36-40(52)56-14-58-42(36)70)94-28(24)11-88-101(81,82)96-21-3-34(91-25(21)8-73)72-18-62-38-44(72)64-49(54)66-47(38)77/h7,13-18,20-34,73-74H,2-6,8-12H2,1H3,(H,79,80)(H,81,82)(H,83,84)(H,85,86)(H2,51,55,57)(H2,52,56,58)(H,67,75,78)(H3,53,63,65,76)(H3,54,64,66,77)/t20-,21-,22-,23-,24-,25+,26+,27+,28+,29+,30+,31+,32+,33+,34+/m0/s1. The fourth-order valence-electron chi connectivity index (χ4n) is 12.3. The van der Waals surface area contributed by atoms with Gasteiger partial charge in [0.1, 0.15) is 110 Å². The SMILES string of the molecule is Cc1cn([C@H]2C[C@H](OP(=O)(O)OC[C@H]3O[C@@H](n4cnc5c(N)ncnc54)C[C@@H]3OP(=O)(O)OC[C@H]3O[C@@H](n4cnc5c(=O)[nH]c(N)nc54)C[C@@H]3O)[C@@H](COP(=O)(O)O[C@H]3C[C@H](n4cnc5c(N)ncnc54)O[C@@H]3COP(=O)(O)O[C@H]3C[C@H](n4cnc5c(=O)[nH]c(N)nc54)O[C@@H]3CO)O2)c(=O)[nH]c1=O. The van der Waals surface area contributed by atoms with Crippen LogP contribution in [-0.2, 0) is 78.1 Å². The number of aryl methyl sites for hydroxylation is 1. The number of H-pyrrole nitrogens is 3. The van der Waals surface area contributed by atoms with Gasteiger partial charge in [0, 0.05) is 43.9 Å². The number of aromatic amines is 3. The molecule has 0 aliphatic carbocycles. The monoisotopic (exact) mass is 1530 g/mol. The molecular weight excluding hydrogens is 1460 g/mol. The molecule has 5 saturated heterocycles. The molecule has 4 unspecified atom stereocenters. The molecule has 103 heavy (non-hydrogen) atoms. The van der Waals surface area contributed by atoms with Crippen LogP contribution in [0.2, 0.25) is 0 Å². The van der Waals surface area contributed by atoms with Crippen molar-refractivity contribution >= 4 is 99.5 Å². The third-order valence-corrected chi connectivity index (χ3v) is 21.2. The summed E-state index contributed by atoms with van der Waals surface area (Å²) in [6, 6.07) is 0. The lowest BCUT2D eigenvalue weighted by Gasteiger charge is -2.25. The largest absolute Gasteiger partial charge is 0.472 e. The van der Waals surface area contributed by atoms with Crippen LogP contribution in [0, 0.1) is 6.92 Å². The molecule has 0 bridgehead atoms. The zero-order valence-corrected chi connectivity index (χ0v) is 56.4. The van der Waals surface area contributed by atoms with Crippen molar-refractivity contribution in [1.82, 2.24) is 87.6 Å². The number of nitrogens with one attached hydrogen (secondary N) is 3. The number of phosphoric acid groups is 4. The Bertz CT molecular complexity index is 5170. The lowest BCUT2D eigenvalue weighted by atomic mass is 10.2. The van der Waals surface area contributed by atoms with Crippen LogP contribution in [0.4, 0.5) is 23.5 Å². The summed E-state index contributed by atoms with van der Waals surface area (Å²) in [5.41, 5.74) is 20.8. The number of phosphoric ester groups is 4. The summed E-state index contributed by atoms with van der Waals surface area (Å²) in [5, 5.41) is 21.2.